The summed E-state index contributed by atoms with van der Waals surface area (Å²) in [5.74, 6) is -1.50. The summed E-state index contributed by atoms with van der Waals surface area (Å²) >= 11 is 0. The molecule has 0 aliphatic carbocycles. The smallest absolute Gasteiger partial charge is 0.416 e. The zero-order valence-electron chi connectivity index (χ0n) is 20.0. The van der Waals surface area contributed by atoms with Crippen molar-refractivity contribution in [2.75, 3.05) is 18.0 Å². The van der Waals surface area contributed by atoms with Gasteiger partial charge in [0.1, 0.15) is 23.4 Å². The highest BCUT2D eigenvalue weighted by molar-refractivity contribution is 5.86. The molecule has 1 N–H and O–H groups in total. The minimum absolute atomic E-state index is 0.00504. The fourth-order valence-corrected chi connectivity index (χ4v) is 4.84. The lowest BCUT2D eigenvalue weighted by molar-refractivity contribution is -0.137. The zero-order chi connectivity index (χ0) is 26.2. The van der Waals surface area contributed by atoms with Gasteiger partial charge in [0, 0.05) is 11.7 Å². The standard InChI is InChI=1S/C29H25F5N2O/c1-18(24-9-4-7-19-6-2-3-8-25(19)24)35-13-12-23-17-36(28-26(31)10-5-11-27(28)37-23)22-15-20(29(32,33)34)14-21(30)16-22/h2-11,14-16,18,23,35H,12-13,17H2,1H3/t18-,23?/m1/s1. The Morgan fingerprint density at radius 1 is 0.973 bits per heavy atom. The molecule has 0 saturated carbocycles. The van der Waals surface area contributed by atoms with Crippen LogP contribution in [0.4, 0.5) is 33.3 Å². The van der Waals surface area contributed by atoms with Crippen LogP contribution < -0.4 is 15.0 Å². The lowest BCUT2D eigenvalue weighted by atomic mass is 9.99. The summed E-state index contributed by atoms with van der Waals surface area (Å²) in [4.78, 5) is 1.37. The minimum atomic E-state index is -4.73. The van der Waals surface area contributed by atoms with Gasteiger partial charge in [0.15, 0.2) is 5.82 Å². The molecule has 0 spiro atoms. The SMILES string of the molecule is C[C@@H](NCCC1CN(c2cc(F)cc(C(F)(F)F)c2)c2c(F)cccc2O1)c1cccc2ccccc12. The van der Waals surface area contributed by atoms with E-state index in [1.807, 2.05) is 18.2 Å². The van der Waals surface area contributed by atoms with Crippen molar-refractivity contribution in [2.45, 2.75) is 31.7 Å². The summed E-state index contributed by atoms with van der Waals surface area (Å²) in [5, 5.41) is 5.78. The van der Waals surface area contributed by atoms with E-state index >= 15 is 0 Å². The number of nitrogens with zero attached hydrogens (tertiary/aromatic N) is 1. The minimum Gasteiger partial charge on any atom is -0.486 e. The summed E-state index contributed by atoms with van der Waals surface area (Å²) in [7, 11) is 0. The average molecular weight is 513 g/mol. The van der Waals surface area contributed by atoms with Crippen molar-refractivity contribution >= 4 is 22.1 Å². The van der Waals surface area contributed by atoms with Crippen LogP contribution in [0.2, 0.25) is 0 Å². The number of benzene rings is 4. The third kappa shape index (κ3) is 5.25. The second-order valence-electron chi connectivity index (χ2n) is 9.17. The molecule has 5 rings (SSSR count). The summed E-state index contributed by atoms with van der Waals surface area (Å²) in [6.45, 7) is 2.68. The molecule has 2 atom stereocenters. The van der Waals surface area contributed by atoms with E-state index < -0.39 is 29.5 Å². The van der Waals surface area contributed by atoms with Crippen LogP contribution in [0.15, 0.2) is 78.9 Å². The monoisotopic (exact) mass is 512 g/mol. The summed E-state index contributed by atoms with van der Waals surface area (Å²) in [6, 6.07) is 20.8. The van der Waals surface area contributed by atoms with Gasteiger partial charge < -0.3 is 15.0 Å². The van der Waals surface area contributed by atoms with Gasteiger partial charge in [-0.2, -0.15) is 13.2 Å². The molecule has 37 heavy (non-hydrogen) atoms. The largest absolute Gasteiger partial charge is 0.486 e. The lowest BCUT2D eigenvalue weighted by Crippen LogP contribution is -2.40. The second kappa shape index (κ2) is 10.0. The van der Waals surface area contributed by atoms with E-state index in [0.29, 0.717) is 19.0 Å². The zero-order valence-corrected chi connectivity index (χ0v) is 20.0. The van der Waals surface area contributed by atoms with Crippen LogP contribution in [-0.4, -0.2) is 19.2 Å². The van der Waals surface area contributed by atoms with Crippen LogP contribution in [0, 0.1) is 11.6 Å². The molecule has 4 aromatic rings. The van der Waals surface area contributed by atoms with E-state index in [2.05, 4.69) is 36.5 Å². The number of hydrogen-bond donors (Lipinski definition) is 1. The van der Waals surface area contributed by atoms with Gasteiger partial charge in [-0.1, -0.05) is 48.5 Å². The van der Waals surface area contributed by atoms with Crippen LogP contribution in [0.5, 0.6) is 5.75 Å². The van der Waals surface area contributed by atoms with Gasteiger partial charge in [-0.15, -0.1) is 0 Å². The van der Waals surface area contributed by atoms with Crippen molar-refractivity contribution in [1.82, 2.24) is 5.32 Å². The molecule has 0 radical (unpaired) electrons. The number of rotatable bonds is 6. The van der Waals surface area contributed by atoms with Crippen molar-refractivity contribution in [3.63, 3.8) is 0 Å². The number of para-hydroxylation sites is 1. The van der Waals surface area contributed by atoms with Crippen molar-refractivity contribution in [3.05, 3.63) is 102 Å². The molecule has 0 fully saturated rings. The molecule has 0 bridgehead atoms. The highest BCUT2D eigenvalue weighted by atomic mass is 19.4. The maximum absolute atomic E-state index is 14.8. The average Bonchev–Trinajstić information content (AvgIpc) is 2.87. The molecule has 1 unspecified atom stereocenters. The Morgan fingerprint density at radius 2 is 1.73 bits per heavy atom. The second-order valence-corrected chi connectivity index (χ2v) is 9.17. The predicted octanol–water partition coefficient (Wildman–Crippen LogP) is 7.78. The molecule has 1 heterocycles. The van der Waals surface area contributed by atoms with Gasteiger partial charge in [-0.05, 0) is 66.6 Å². The summed E-state index contributed by atoms with van der Waals surface area (Å²) < 4.78 is 75.1. The first-order valence-electron chi connectivity index (χ1n) is 12.0. The van der Waals surface area contributed by atoms with E-state index in [0.717, 1.165) is 28.5 Å². The number of anilines is 2. The molecule has 192 valence electrons. The summed E-state index contributed by atoms with van der Waals surface area (Å²) in [6.07, 6.45) is -4.69. The van der Waals surface area contributed by atoms with Crippen LogP contribution in [0.3, 0.4) is 0 Å². The lowest BCUT2D eigenvalue weighted by Gasteiger charge is -2.37. The Morgan fingerprint density at radius 3 is 2.54 bits per heavy atom. The van der Waals surface area contributed by atoms with Crippen molar-refractivity contribution in [3.8, 4) is 5.75 Å². The molecule has 8 heteroatoms. The number of halogens is 5. The number of alkyl halides is 3. The fraction of sp³-hybridized carbons (Fsp3) is 0.241. The normalized spacial score (nSPS) is 16.4. The van der Waals surface area contributed by atoms with Gasteiger partial charge in [-0.3, -0.25) is 0 Å². The van der Waals surface area contributed by atoms with E-state index in [1.165, 1.54) is 17.0 Å². The molecule has 0 amide bonds. The quantitative estimate of drug-likeness (QED) is 0.267. The Balaban J connectivity index is 1.36. The molecule has 3 nitrogen and oxygen atoms in total. The first kappa shape index (κ1) is 25.0. The molecular formula is C29H25F5N2O. The van der Waals surface area contributed by atoms with Crippen molar-refractivity contribution in [2.24, 2.45) is 0 Å². The van der Waals surface area contributed by atoms with Gasteiger partial charge in [0.2, 0.25) is 0 Å². The highest BCUT2D eigenvalue weighted by Crippen LogP contribution is 2.42. The molecule has 0 saturated heterocycles. The molecule has 1 aliphatic rings. The maximum Gasteiger partial charge on any atom is 0.416 e. The Kier molecular flexibility index (Phi) is 6.77. The van der Waals surface area contributed by atoms with Gasteiger partial charge in [-0.25, -0.2) is 8.78 Å². The predicted molar refractivity (Wildman–Crippen MR) is 134 cm³/mol. The van der Waals surface area contributed by atoms with E-state index in [9.17, 15) is 22.0 Å². The fourth-order valence-electron chi connectivity index (χ4n) is 4.84. The Hall–Kier alpha value is -3.65. The topological polar surface area (TPSA) is 24.5 Å². The number of hydrogen-bond acceptors (Lipinski definition) is 3. The Bertz CT molecular complexity index is 1420. The summed E-state index contributed by atoms with van der Waals surface area (Å²) in [5.41, 5.74) is -0.0660. The van der Waals surface area contributed by atoms with Crippen LogP contribution in [-0.2, 0) is 6.18 Å². The number of nitrogens with one attached hydrogen (secondary N) is 1. The van der Waals surface area contributed by atoms with E-state index in [1.54, 1.807) is 6.07 Å². The van der Waals surface area contributed by atoms with Crippen LogP contribution >= 0.6 is 0 Å². The van der Waals surface area contributed by atoms with Crippen molar-refractivity contribution < 1.29 is 26.7 Å². The maximum atomic E-state index is 14.8. The molecular weight excluding hydrogens is 487 g/mol. The highest BCUT2D eigenvalue weighted by Gasteiger charge is 2.34. The van der Waals surface area contributed by atoms with Crippen LogP contribution in [0.1, 0.15) is 30.5 Å². The molecule has 0 aromatic heterocycles. The molecule has 4 aromatic carbocycles. The molecule has 1 aliphatic heterocycles. The van der Waals surface area contributed by atoms with Crippen LogP contribution in [0.25, 0.3) is 10.8 Å². The van der Waals surface area contributed by atoms with E-state index in [4.69, 9.17) is 4.74 Å². The first-order valence-corrected chi connectivity index (χ1v) is 12.0. The van der Waals surface area contributed by atoms with Crippen molar-refractivity contribution in [1.29, 1.82) is 0 Å². The number of fused-ring (bicyclic) bond motifs is 2. The third-order valence-corrected chi connectivity index (χ3v) is 6.63. The number of ether oxygens (including phenoxy) is 1. The first-order chi connectivity index (χ1) is 17.7. The van der Waals surface area contributed by atoms with Gasteiger partial charge in [0.05, 0.1) is 12.1 Å². The Labute approximate surface area is 211 Å². The van der Waals surface area contributed by atoms with Gasteiger partial charge >= 0.3 is 6.18 Å². The van der Waals surface area contributed by atoms with E-state index in [-0.39, 0.29) is 29.7 Å². The van der Waals surface area contributed by atoms with Gasteiger partial charge in [0.25, 0.3) is 0 Å². The third-order valence-electron chi connectivity index (χ3n) is 6.63.